The SMILES string of the molecule is CCCS(=O)(=O)n1c(N)nc2ccccc21. The van der Waals surface area contributed by atoms with Gasteiger partial charge in [0, 0.05) is 0 Å². The lowest BCUT2D eigenvalue weighted by Gasteiger charge is -2.06. The van der Waals surface area contributed by atoms with E-state index in [9.17, 15) is 8.42 Å². The van der Waals surface area contributed by atoms with Gasteiger partial charge in [0.2, 0.25) is 16.0 Å². The molecule has 0 spiro atoms. The fraction of sp³-hybridized carbons (Fsp3) is 0.300. The minimum atomic E-state index is -3.40. The summed E-state index contributed by atoms with van der Waals surface area (Å²) in [5, 5.41) is 0. The summed E-state index contributed by atoms with van der Waals surface area (Å²) in [5.74, 6) is 0.0898. The lowest BCUT2D eigenvalue weighted by Crippen LogP contribution is -2.18. The zero-order valence-electron chi connectivity index (χ0n) is 8.92. The fourth-order valence-corrected chi connectivity index (χ4v) is 3.14. The van der Waals surface area contributed by atoms with Gasteiger partial charge in [-0.3, -0.25) is 0 Å². The molecule has 0 saturated heterocycles. The summed E-state index contributed by atoms with van der Waals surface area (Å²) in [6.45, 7) is 1.81. The summed E-state index contributed by atoms with van der Waals surface area (Å²) in [4.78, 5) is 4.02. The van der Waals surface area contributed by atoms with Gasteiger partial charge in [0.25, 0.3) is 0 Å². The molecule has 86 valence electrons. The monoisotopic (exact) mass is 239 g/mol. The van der Waals surface area contributed by atoms with Gasteiger partial charge in [0.15, 0.2) is 0 Å². The maximum atomic E-state index is 12.0. The predicted molar refractivity (Wildman–Crippen MR) is 63.6 cm³/mol. The van der Waals surface area contributed by atoms with Gasteiger partial charge in [-0.2, -0.15) is 0 Å². The van der Waals surface area contributed by atoms with Crippen molar-refractivity contribution in [1.29, 1.82) is 0 Å². The molecule has 0 radical (unpaired) electrons. The van der Waals surface area contributed by atoms with E-state index >= 15 is 0 Å². The van der Waals surface area contributed by atoms with E-state index in [-0.39, 0.29) is 11.7 Å². The second kappa shape index (κ2) is 3.79. The van der Waals surface area contributed by atoms with Crippen molar-refractivity contribution >= 4 is 27.0 Å². The third kappa shape index (κ3) is 1.65. The van der Waals surface area contributed by atoms with E-state index in [2.05, 4.69) is 4.98 Å². The largest absolute Gasteiger partial charge is 0.368 e. The Bertz CT molecular complexity index is 616. The van der Waals surface area contributed by atoms with Crippen molar-refractivity contribution in [2.75, 3.05) is 11.5 Å². The first-order valence-corrected chi connectivity index (χ1v) is 6.63. The van der Waals surface area contributed by atoms with Crippen LogP contribution in [0.2, 0.25) is 0 Å². The first-order valence-electron chi connectivity index (χ1n) is 5.02. The molecule has 1 aromatic heterocycles. The number of nitrogen functional groups attached to an aromatic ring is 1. The first kappa shape index (κ1) is 10.9. The molecular weight excluding hydrogens is 226 g/mol. The van der Waals surface area contributed by atoms with Gasteiger partial charge < -0.3 is 5.73 Å². The molecule has 2 rings (SSSR count). The van der Waals surface area contributed by atoms with Crippen molar-refractivity contribution < 1.29 is 8.42 Å². The number of nitrogens with zero attached hydrogens (tertiary/aromatic N) is 2. The summed E-state index contributed by atoms with van der Waals surface area (Å²) in [7, 11) is -3.40. The Balaban J connectivity index is 2.73. The van der Waals surface area contributed by atoms with Crippen molar-refractivity contribution in [2.24, 2.45) is 0 Å². The highest BCUT2D eigenvalue weighted by atomic mass is 32.2. The molecule has 0 unspecified atom stereocenters. The van der Waals surface area contributed by atoms with Gasteiger partial charge in [-0.05, 0) is 18.6 Å². The Morgan fingerprint density at radius 2 is 2.06 bits per heavy atom. The van der Waals surface area contributed by atoms with Gasteiger partial charge in [-0.1, -0.05) is 19.1 Å². The zero-order valence-corrected chi connectivity index (χ0v) is 9.74. The van der Waals surface area contributed by atoms with Gasteiger partial charge in [0.05, 0.1) is 16.8 Å². The van der Waals surface area contributed by atoms with E-state index in [1.165, 1.54) is 0 Å². The summed E-state index contributed by atoms with van der Waals surface area (Å²) in [5.41, 5.74) is 6.77. The summed E-state index contributed by atoms with van der Waals surface area (Å²) >= 11 is 0. The standard InChI is InChI=1S/C10H13N3O2S/c1-2-7-16(14,15)13-9-6-4-3-5-8(9)12-10(13)11/h3-6H,2,7H2,1H3,(H2,11,12). The quantitative estimate of drug-likeness (QED) is 0.873. The van der Waals surface area contributed by atoms with Crippen molar-refractivity contribution in [3.05, 3.63) is 24.3 Å². The van der Waals surface area contributed by atoms with Crippen LogP contribution in [0.3, 0.4) is 0 Å². The van der Waals surface area contributed by atoms with Crippen molar-refractivity contribution in [2.45, 2.75) is 13.3 Å². The Hall–Kier alpha value is -1.56. The lowest BCUT2D eigenvalue weighted by molar-refractivity contribution is 0.588. The minimum absolute atomic E-state index is 0.0228. The highest BCUT2D eigenvalue weighted by molar-refractivity contribution is 7.90. The van der Waals surface area contributed by atoms with Crippen LogP contribution in [0.15, 0.2) is 24.3 Å². The van der Waals surface area contributed by atoms with Crippen LogP contribution < -0.4 is 5.73 Å². The maximum absolute atomic E-state index is 12.0. The molecule has 16 heavy (non-hydrogen) atoms. The van der Waals surface area contributed by atoms with Gasteiger partial charge in [-0.25, -0.2) is 17.4 Å². The molecule has 2 aromatic rings. The molecule has 0 atom stereocenters. The number of hydrogen-bond donors (Lipinski definition) is 1. The van der Waals surface area contributed by atoms with Gasteiger partial charge >= 0.3 is 0 Å². The van der Waals surface area contributed by atoms with E-state index in [0.29, 0.717) is 17.5 Å². The Kier molecular flexibility index (Phi) is 2.59. The van der Waals surface area contributed by atoms with Crippen LogP contribution in [0.4, 0.5) is 5.95 Å². The Morgan fingerprint density at radius 3 is 2.75 bits per heavy atom. The second-order valence-corrected chi connectivity index (χ2v) is 5.48. The Morgan fingerprint density at radius 1 is 1.38 bits per heavy atom. The molecule has 5 nitrogen and oxygen atoms in total. The number of rotatable bonds is 3. The molecule has 0 fully saturated rings. The van der Waals surface area contributed by atoms with Crippen LogP contribution in [-0.2, 0) is 10.0 Å². The highest BCUT2D eigenvalue weighted by Gasteiger charge is 2.19. The first-order chi connectivity index (χ1) is 7.56. The molecule has 0 bridgehead atoms. The van der Waals surface area contributed by atoms with E-state index < -0.39 is 10.0 Å². The number of imidazole rings is 1. The van der Waals surface area contributed by atoms with Crippen LogP contribution in [0, 0.1) is 0 Å². The molecule has 1 heterocycles. The Labute approximate surface area is 93.9 Å². The second-order valence-electron chi connectivity index (χ2n) is 3.54. The van der Waals surface area contributed by atoms with E-state index in [1.54, 1.807) is 24.3 Å². The van der Waals surface area contributed by atoms with E-state index in [4.69, 9.17) is 5.73 Å². The van der Waals surface area contributed by atoms with Crippen LogP contribution in [0.1, 0.15) is 13.3 Å². The molecular formula is C10H13N3O2S. The number of para-hydroxylation sites is 2. The molecule has 0 aliphatic heterocycles. The highest BCUT2D eigenvalue weighted by Crippen LogP contribution is 2.20. The van der Waals surface area contributed by atoms with E-state index in [0.717, 1.165) is 3.97 Å². The molecule has 1 aromatic carbocycles. The number of nitrogens with two attached hydrogens (primary N) is 1. The summed E-state index contributed by atoms with van der Waals surface area (Å²) < 4.78 is 25.1. The third-order valence-corrected chi connectivity index (χ3v) is 4.15. The topological polar surface area (TPSA) is 78.0 Å². The molecule has 6 heteroatoms. The number of fused-ring (bicyclic) bond motifs is 1. The third-order valence-electron chi connectivity index (χ3n) is 2.28. The molecule has 2 N–H and O–H groups in total. The molecule has 0 saturated carbocycles. The number of hydrogen-bond acceptors (Lipinski definition) is 4. The van der Waals surface area contributed by atoms with Crippen molar-refractivity contribution in [1.82, 2.24) is 8.96 Å². The molecule has 0 aliphatic rings. The number of anilines is 1. The van der Waals surface area contributed by atoms with Crippen molar-refractivity contribution in [3.8, 4) is 0 Å². The average molecular weight is 239 g/mol. The van der Waals surface area contributed by atoms with E-state index in [1.807, 2.05) is 6.92 Å². The van der Waals surface area contributed by atoms with Gasteiger partial charge in [-0.15, -0.1) is 0 Å². The smallest absolute Gasteiger partial charge is 0.241 e. The molecule has 0 aliphatic carbocycles. The summed E-state index contributed by atoms with van der Waals surface area (Å²) in [6, 6.07) is 7.00. The van der Waals surface area contributed by atoms with Crippen LogP contribution in [-0.4, -0.2) is 23.1 Å². The van der Waals surface area contributed by atoms with Crippen LogP contribution in [0.5, 0.6) is 0 Å². The lowest BCUT2D eigenvalue weighted by atomic mass is 10.3. The summed E-state index contributed by atoms with van der Waals surface area (Å²) in [6.07, 6.45) is 0.550. The van der Waals surface area contributed by atoms with Crippen molar-refractivity contribution in [3.63, 3.8) is 0 Å². The fourth-order valence-electron chi connectivity index (χ4n) is 1.66. The van der Waals surface area contributed by atoms with Crippen LogP contribution >= 0.6 is 0 Å². The van der Waals surface area contributed by atoms with Crippen LogP contribution in [0.25, 0.3) is 11.0 Å². The number of aromatic nitrogens is 2. The minimum Gasteiger partial charge on any atom is -0.368 e. The maximum Gasteiger partial charge on any atom is 0.241 e. The average Bonchev–Trinajstić information content (AvgIpc) is 2.53. The normalized spacial score (nSPS) is 12.1. The number of benzene rings is 1. The predicted octanol–water partition coefficient (Wildman–Crippen LogP) is 1.21. The van der Waals surface area contributed by atoms with Gasteiger partial charge in [0.1, 0.15) is 0 Å². The molecule has 0 amide bonds. The zero-order chi connectivity index (χ0) is 11.8.